The number of phosphoric ester groups is 2. The second-order valence-electron chi connectivity index (χ2n) is 25.9. The third-order valence-electron chi connectivity index (χ3n) is 16.3. The van der Waals surface area contributed by atoms with Crippen molar-refractivity contribution in [3.05, 3.63) is 85.1 Å². The molecule has 0 aromatic heterocycles. The Hall–Kier alpha value is -3.76. The molecular formula is C79H140O17P2. The molecule has 0 aliphatic rings. The lowest BCUT2D eigenvalue weighted by Gasteiger charge is -2.21. The van der Waals surface area contributed by atoms with Crippen LogP contribution in [0.3, 0.4) is 0 Å². The molecule has 0 aromatic rings. The van der Waals surface area contributed by atoms with Crippen molar-refractivity contribution in [2.45, 2.75) is 354 Å². The first kappa shape index (κ1) is 94.2. The predicted octanol–water partition coefficient (Wildman–Crippen LogP) is 22.2. The minimum absolute atomic E-state index is 0.0852. The Morgan fingerprint density at radius 1 is 0.296 bits per heavy atom. The molecule has 0 fully saturated rings. The van der Waals surface area contributed by atoms with E-state index in [1.807, 2.05) is 0 Å². The van der Waals surface area contributed by atoms with Crippen LogP contribution in [0.25, 0.3) is 0 Å². The topological polar surface area (TPSA) is 237 Å². The summed E-state index contributed by atoms with van der Waals surface area (Å²) in [5.74, 6) is -2.21. The lowest BCUT2D eigenvalue weighted by molar-refractivity contribution is -0.161. The minimum atomic E-state index is -4.98. The SMILES string of the molecule is CC/C=C\C/C=C\C/C=C\C/C=C\C/C=C\CCCCCC(=O)OC[C@H](COP(=O)(O)OC[C@@H](O)COP(=O)(O)OC[C@@H](COC(=O)CCCCCCC/C=C\CCCCCC)OC(=O)CCCCCCC/C=C\CCCCCC)OC(=O)CCCCCCCCCCCCCCC. The number of esters is 4. The lowest BCUT2D eigenvalue weighted by Crippen LogP contribution is -2.30. The van der Waals surface area contributed by atoms with E-state index < -0.39 is 97.5 Å². The molecule has 0 heterocycles. The van der Waals surface area contributed by atoms with Crippen molar-refractivity contribution in [1.29, 1.82) is 0 Å². The van der Waals surface area contributed by atoms with Crippen LogP contribution in [0.1, 0.15) is 336 Å². The van der Waals surface area contributed by atoms with Crippen LogP contribution in [0.2, 0.25) is 0 Å². The Balaban J connectivity index is 5.35. The van der Waals surface area contributed by atoms with Gasteiger partial charge in [-0.2, -0.15) is 0 Å². The van der Waals surface area contributed by atoms with Gasteiger partial charge in [-0.3, -0.25) is 37.3 Å². The number of carbonyl (C=O) groups excluding carboxylic acids is 4. The summed E-state index contributed by atoms with van der Waals surface area (Å²) < 4.78 is 68.5. The summed E-state index contributed by atoms with van der Waals surface area (Å²) in [6.07, 6.45) is 72.8. The van der Waals surface area contributed by atoms with Crippen LogP contribution < -0.4 is 0 Å². The molecule has 3 N–H and O–H groups in total. The van der Waals surface area contributed by atoms with Crippen molar-refractivity contribution in [2.75, 3.05) is 39.6 Å². The number of carbonyl (C=O) groups is 4. The van der Waals surface area contributed by atoms with Crippen molar-refractivity contribution >= 4 is 39.5 Å². The second-order valence-corrected chi connectivity index (χ2v) is 28.8. The number of ether oxygens (including phenoxy) is 4. The monoisotopic (exact) mass is 1420 g/mol. The van der Waals surface area contributed by atoms with Crippen molar-refractivity contribution in [2.24, 2.45) is 0 Å². The Morgan fingerprint density at radius 2 is 0.531 bits per heavy atom. The fraction of sp³-hybridized carbons (Fsp3) is 0.772. The number of aliphatic hydroxyl groups is 1. The molecule has 0 radical (unpaired) electrons. The highest BCUT2D eigenvalue weighted by Crippen LogP contribution is 2.45. The molecule has 0 aromatic carbocycles. The van der Waals surface area contributed by atoms with Gasteiger partial charge in [0.15, 0.2) is 12.2 Å². The quantitative estimate of drug-likeness (QED) is 0.0169. The van der Waals surface area contributed by atoms with Gasteiger partial charge in [-0.15, -0.1) is 0 Å². The maximum Gasteiger partial charge on any atom is 0.472 e. The normalized spacial score (nSPS) is 14.4. The Morgan fingerprint density at radius 3 is 0.847 bits per heavy atom. The van der Waals surface area contributed by atoms with Gasteiger partial charge in [0.2, 0.25) is 0 Å². The molecule has 0 spiro atoms. The Labute approximate surface area is 595 Å². The van der Waals surface area contributed by atoms with Crippen LogP contribution >= 0.6 is 15.6 Å². The zero-order chi connectivity index (χ0) is 71.8. The molecule has 0 saturated heterocycles. The summed E-state index contributed by atoms with van der Waals surface area (Å²) in [4.78, 5) is 72.8. The van der Waals surface area contributed by atoms with Crippen LogP contribution in [-0.2, 0) is 65.4 Å². The van der Waals surface area contributed by atoms with Crippen molar-refractivity contribution in [1.82, 2.24) is 0 Å². The van der Waals surface area contributed by atoms with E-state index >= 15 is 0 Å². The molecule has 2 unspecified atom stereocenters. The first-order valence-electron chi connectivity index (χ1n) is 38.8. The van der Waals surface area contributed by atoms with Crippen LogP contribution in [0, 0.1) is 0 Å². The molecule has 0 aliphatic heterocycles. The standard InChI is InChI=1S/C79H140O17P2/c1-5-9-13-17-21-25-29-33-34-35-36-37-38-42-44-48-52-56-60-64-77(82)90-70-75(96-79(84)66-62-58-54-50-46-41-32-28-24-20-16-12-8-4)72-94-98(87,88)92-68-73(80)67-91-97(85,86)93-71-74(95-78(83)65-61-57-53-49-45-40-31-27-23-19-15-11-7-3)69-89-76(81)63-59-55-51-47-43-39-30-26-22-18-14-10-6-2/h9,13,21,25-27,30-31,33-34,36-37,42,44,73-75,80H,5-8,10-12,14-20,22-24,28-29,32,35,38-41,43,45-72H2,1-4H3,(H,85,86)(H,87,88)/b13-9-,25-21-,30-26-,31-27-,34-33-,37-36-,44-42-/t73-,74+,75+/m0/s1. The van der Waals surface area contributed by atoms with E-state index in [2.05, 4.69) is 113 Å². The van der Waals surface area contributed by atoms with Gasteiger partial charge < -0.3 is 33.8 Å². The molecule has 0 bridgehead atoms. The lowest BCUT2D eigenvalue weighted by atomic mass is 10.0. The fourth-order valence-corrected chi connectivity index (χ4v) is 12.0. The van der Waals surface area contributed by atoms with E-state index in [1.54, 1.807) is 0 Å². The highest BCUT2D eigenvalue weighted by Gasteiger charge is 2.30. The van der Waals surface area contributed by atoms with Gasteiger partial charge in [-0.05, 0) is 122 Å². The number of unbranched alkanes of at least 4 members (excludes halogenated alkanes) is 33. The van der Waals surface area contributed by atoms with E-state index in [-0.39, 0.29) is 25.7 Å². The van der Waals surface area contributed by atoms with Crippen LogP contribution in [0.5, 0.6) is 0 Å². The van der Waals surface area contributed by atoms with E-state index in [0.717, 1.165) is 154 Å². The first-order valence-corrected chi connectivity index (χ1v) is 41.8. The molecule has 17 nitrogen and oxygen atoms in total. The van der Waals surface area contributed by atoms with Crippen molar-refractivity contribution in [3.8, 4) is 0 Å². The summed E-state index contributed by atoms with van der Waals surface area (Å²) in [6.45, 7) is 4.71. The number of rotatable bonds is 73. The minimum Gasteiger partial charge on any atom is -0.462 e. The molecule has 19 heteroatoms. The highest BCUT2D eigenvalue weighted by atomic mass is 31.2. The fourth-order valence-electron chi connectivity index (χ4n) is 10.4. The van der Waals surface area contributed by atoms with Gasteiger partial charge in [-0.25, -0.2) is 9.13 Å². The summed E-state index contributed by atoms with van der Waals surface area (Å²) in [5, 5.41) is 10.6. The van der Waals surface area contributed by atoms with Gasteiger partial charge in [0, 0.05) is 25.7 Å². The van der Waals surface area contributed by atoms with Gasteiger partial charge in [0.05, 0.1) is 26.4 Å². The van der Waals surface area contributed by atoms with E-state index in [1.165, 1.54) is 103 Å². The van der Waals surface area contributed by atoms with E-state index in [4.69, 9.17) is 37.0 Å². The number of phosphoric acid groups is 2. The Kier molecular flexibility index (Phi) is 68.9. The zero-order valence-electron chi connectivity index (χ0n) is 62.0. The van der Waals surface area contributed by atoms with E-state index in [0.29, 0.717) is 25.7 Å². The maximum absolute atomic E-state index is 13.1. The second kappa shape index (κ2) is 71.6. The number of hydrogen-bond donors (Lipinski definition) is 3. The van der Waals surface area contributed by atoms with Crippen molar-refractivity contribution in [3.63, 3.8) is 0 Å². The van der Waals surface area contributed by atoms with Crippen molar-refractivity contribution < 1.29 is 80.2 Å². The molecule has 98 heavy (non-hydrogen) atoms. The van der Waals surface area contributed by atoms with E-state index in [9.17, 15) is 43.2 Å². The predicted molar refractivity (Wildman–Crippen MR) is 399 cm³/mol. The first-order chi connectivity index (χ1) is 47.7. The largest absolute Gasteiger partial charge is 0.472 e. The van der Waals surface area contributed by atoms with Crippen LogP contribution in [0.15, 0.2) is 85.1 Å². The number of hydrogen-bond acceptors (Lipinski definition) is 15. The van der Waals surface area contributed by atoms with Gasteiger partial charge in [0.25, 0.3) is 0 Å². The average Bonchev–Trinajstić information content (AvgIpc) is 0.966. The molecule has 0 rings (SSSR count). The van der Waals surface area contributed by atoms with Crippen LogP contribution in [-0.4, -0.2) is 96.7 Å². The Bertz CT molecular complexity index is 2190. The zero-order valence-corrected chi connectivity index (χ0v) is 63.7. The molecule has 0 saturated carbocycles. The summed E-state index contributed by atoms with van der Waals surface area (Å²) >= 11 is 0. The average molecular weight is 1420 g/mol. The molecule has 0 aliphatic carbocycles. The smallest absolute Gasteiger partial charge is 0.462 e. The molecule has 5 atom stereocenters. The highest BCUT2D eigenvalue weighted by molar-refractivity contribution is 7.47. The molecule has 568 valence electrons. The molecule has 0 amide bonds. The summed E-state index contributed by atoms with van der Waals surface area (Å²) in [5.41, 5.74) is 0. The number of allylic oxidation sites excluding steroid dienone is 14. The maximum atomic E-state index is 13.1. The van der Waals surface area contributed by atoms with Gasteiger partial charge >= 0.3 is 39.5 Å². The third kappa shape index (κ3) is 70.7. The summed E-state index contributed by atoms with van der Waals surface area (Å²) in [7, 11) is -9.95. The number of aliphatic hydroxyl groups excluding tert-OH is 1. The summed E-state index contributed by atoms with van der Waals surface area (Å²) in [6, 6.07) is 0. The molecular weight excluding hydrogens is 1280 g/mol. The van der Waals surface area contributed by atoms with Crippen LogP contribution in [0.4, 0.5) is 0 Å². The third-order valence-corrected chi connectivity index (χ3v) is 18.2. The van der Waals surface area contributed by atoms with Gasteiger partial charge in [-0.1, -0.05) is 273 Å². The van der Waals surface area contributed by atoms with Gasteiger partial charge in [0.1, 0.15) is 19.3 Å².